The minimum atomic E-state index is -0.683. The van der Waals surface area contributed by atoms with Crippen molar-refractivity contribution in [3.05, 3.63) is 52.3 Å². The van der Waals surface area contributed by atoms with Crippen molar-refractivity contribution >= 4 is 40.2 Å². The number of aromatic nitrogens is 1. The van der Waals surface area contributed by atoms with Crippen LogP contribution in [0.5, 0.6) is 5.75 Å². The van der Waals surface area contributed by atoms with Crippen molar-refractivity contribution in [2.45, 2.75) is 0 Å². The van der Waals surface area contributed by atoms with E-state index in [9.17, 15) is 14.7 Å². The van der Waals surface area contributed by atoms with Crippen LogP contribution in [0.2, 0.25) is 0 Å². The minimum absolute atomic E-state index is 0.0205. The molecule has 6 nitrogen and oxygen atoms in total. The highest BCUT2D eigenvalue weighted by molar-refractivity contribution is 7.20. The summed E-state index contributed by atoms with van der Waals surface area (Å²) in [5, 5.41) is 17.0. The second-order valence-corrected chi connectivity index (χ2v) is 6.47. The van der Waals surface area contributed by atoms with Gasteiger partial charge in [-0.2, -0.15) is 0 Å². The average Bonchev–Trinajstić information content (AvgIpc) is 3.27. The summed E-state index contributed by atoms with van der Waals surface area (Å²) in [6, 6.07) is 8.29. The number of nitrogens with zero attached hydrogens (tertiary/aromatic N) is 1. The molecule has 2 N–H and O–H groups in total. The van der Waals surface area contributed by atoms with E-state index in [1.54, 1.807) is 11.4 Å². The summed E-state index contributed by atoms with van der Waals surface area (Å²) in [5.41, 5.74) is 0.340. The number of benzene rings is 1. The molecule has 0 unspecified atom stereocenters. The van der Waals surface area contributed by atoms with Crippen molar-refractivity contribution in [2.24, 2.45) is 0 Å². The van der Waals surface area contributed by atoms with E-state index in [2.05, 4.69) is 15.0 Å². The zero-order chi connectivity index (χ0) is 17.1. The number of rotatable bonds is 4. The van der Waals surface area contributed by atoms with Gasteiger partial charge >= 0.3 is 5.97 Å². The maximum atomic E-state index is 12.3. The van der Waals surface area contributed by atoms with Crippen molar-refractivity contribution in [2.75, 3.05) is 12.4 Å². The highest BCUT2D eigenvalue weighted by Crippen LogP contribution is 2.30. The Balaban J connectivity index is 1.82. The van der Waals surface area contributed by atoms with Crippen molar-refractivity contribution in [1.82, 2.24) is 4.98 Å². The lowest BCUT2D eigenvalue weighted by atomic mass is 10.1. The van der Waals surface area contributed by atoms with E-state index in [-0.39, 0.29) is 22.7 Å². The van der Waals surface area contributed by atoms with Crippen LogP contribution in [0.15, 0.2) is 41.1 Å². The van der Waals surface area contributed by atoms with E-state index in [0.29, 0.717) is 0 Å². The number of aromatic hydroxyl groups is 1. The largest absolute Gasteiger partial charge is 0.505 e. The van der Waals surface area contributed by atoms with Gasteiger partial charge in [0.15, 0.2) is 5.75 Å². The highest BCUT2D eigenvalue weighted by Gasteiger charge is 2.18. The molecule has 0 aliphatic heterocycles. The van der Waals surface area contributed by atoms with Gasteiger partial charge in [0.05, 0.1) is 17.7 Å². The maximum Gasteiger partial charge on any atom is 0.341 e. The first-order chi connectivity index (χ1) is 11.6. The van der Waals surface area contributed by atoms with Gasteiger partial charge in [0.25, 0.3) is 5.91 Å². The topological polar surface area (TPSA) is 88.5 Å². The van der Waals surface area contributed by atoms with Crippen LogP contribution in [0.1, 0.15) is 20.8 Å². The number of hydrogen-bond acceptors (Lipinski definition) is 7. The molecule has 2 heterocycles. The van der Waals surface area contributed by atoms with Crippen molar-refractivity contribution in [3.63, 3.8) is 0 Å². The molecule has 0 saturated carbocycles. The Hall–Kier alpha value is -2.71. The number of esters is 1. The van der Waals surface area contributed by atoms with Gasteiger partial charge in [-0.1, -0.05) is 12.1 Å². The molecule has 0 aliphatic rings. The third-order valence-corrected chi connectivity index (χ3v) is 5.04. The Kier molecular flexibility index (Phi) is 4.59. The third kappa shape index (κ3) is 3.15. The standard InChI is InChI=1S/C16H12N2O4S2/c1-22-16(21)9-4-2-5-10(13(9)19)17-14(20)11-8-24-15(18-11)12-6-3-7-23-12/h2-8,19H,1H3,(H,17,20). The number of ether oxygens (including phenoxy) is 1. The van der Waals surface area contributed by atoms with E-state index < -0.39 is 11.9 Å². The zero-order valence-electron chi connectivity index (χ0n) is 12.5. The van der Waals surface area contributed by atoms with E-state index in [0.717, 1.165) is 9.88 Å². The Labute approximate surface area is 145 Å². The second-order valence-electron chi connectivity index (χ2n) is 4.66. The molecule has 122 valence electrons. The van der Waals surface area contributed by atoms with E-state index in [1.165, 1.54) is 41.9 Å². The van der Waals surface area contributed by atoms with Gasteiger partial charge in [-0.05, 0) is 23.6 Å². The van der Waals surface area contributed by atoms with E-state index in [1.807, 2.05) is 17.5 Å². The fourth-order valence-electron chi connectivity index (χ4n) is 2.00. The van der Waals surface area contributed by atoms with Gasteiger partial charge in [-0.25, -0.2) is 9.78 Å². The van der Waals surface area contributed by atoms with Gasteiger partial charge < -0.3 is 15.2 Å². The molecule has 3 rings (SSSR count). The Morgan fingerprint density at radius 1 is 1.21 bits per heavy atom. The van der Waals surface area contributed by atoms with E-state index in [4.69, 9.17) is 0 Å². The lowest BCUT2D eigenvalue weighted by Crippen LogP contribution is -2.13. The summed E-state index contributed by atoms with van der Waals surface area (Å²) < 4.78 is 4.59. The summed E-state index contributed by atoms with van der Waals surface area (Å²) in [5.74, 6) is -1.49. The monoisotopic (exact) mass is 360 g/mol. The second kappa shape index (κ2) is 6.81. The lowest BCUT2D eigenvalue weighted by molar-refractivity contribution is 0.0597. The number of carbonyl (C=O) groups excluding carboxylic acids is 2. The molecule has 0 spiro atoms. The van der Waals surface area contributed by atoms with Crippen molar-refractivity contribution in [1.29, 1.82) is 0 Å². The molecule has 8 heteroatoms. The number of thiophene rings is 1. The summed E-state index contributed by atoms with van der Waals surface area (Å²) in [6.45, 7) is 0. The Morgan fingerprint density at radius 2 is 2.04 bits per heavy atom. The number of phenolic OH excluding ortho intramolecular Hbond substituents is 1. The molecule has 24 heavy (non-hydrogen) atoms. The number of nitrogens with one attached hydrogen (secondary N) is 1. The number of amides is 1. The fraction of sp³-hybridized carbons (Fsp3) is 0.0625. The molecule has 3 aromatic rings. The van der Waals surface area contributed by atoms with Crippen LogP contribution in [0.3, 0.4) is 0 Å². The van der Waals surface area contributed by atoms with Gasteiger partial charge in [0.2, 0.25) is 0 Å². The number of carbonyl (C=O) groups is 2. The molecule has 0 saturated heterocycles. The van der Waals surface area contributed by atoms with Crippen molar-refractivity contribution < 1.29 is 19.4 Å². The number of phenols is 1. The quantitative estimate of drug-likeness (QED) is 0.548. The molecular weight excluding hydrogens is 348 g/mol. The minimum Gasteiger partial charge on any atom is -0.505 e. The van der Waals surface area contributed by atoms with Crippen molar-refractivity contribution in [3.8, 4) is 15.6 Å². The number of para-hydroxylation sites is 1. The van der Waals surface area contributed by atoms with Gasteiger partial charge in [0, 0.05) is 5.38 Å². The maximum absolute atomic E-state index is 12.3. The molecule has 0 atom stereocenters. The Bertz CT molecular complexity index is 887. The molecule has 0 bridgehead atoms. The summed E-state index contributed by atoms with van der Waals surface area (Å²) in [7, 11) is 1.22. The Morgan fingerprint density at radius 3 is 2.75 bits per heavy atom. The predicted octanol–water partition coefficient (Wildman–Crippen LogP) is 3.62. The van der Waals surface area contributed by atoms with Crippen LogP contribution >= 0.6 is 22.7 Å². The fourth-order valence-corrected chi connectivity index (χ4v) is 3.61. The summed E-state index contributed by atoms with van der Waals surface area (Å²) in [6.07, 6.45) is 0. The summed E-state index contributed by atoms with van der Waals surface area (Å²) in [4.78, 5) is 29.2. The number of methoxy groups -OCH3 is 1. The van der Waals surface area contributed by atoms with Crippen LogP contribution < -0.4 is 5.32 Å². The van der Waals surface area contributed by atoms with Crippen LogP contribution in [-0.4, -0.2) is 29.1 Å². The number of anilines is 1. The molecule has 0 radical (unpaired) electrons. The van der Waals surface area contributed by atoms with Gasteiger partial charge in [0.1, 0.15) is 16.3 Å². The smallest absolute Gasteiger partial charge is 0.341 e. The molecule has 1 aromatic carbocycles. The highest BCUT2D eigenvalue weighted by atomic mass is 32.1. The van der Waals surface area contributed by atoms with Crippen LogP contribution in [0.4, 0.5) is 5.69 Å². The molecular formula is C16H12N2O4S2. The SMILES string of the molecule is COC(=O)c1cccc(NC(=O)c2csc(-c3cccs3)n2)c1O. The molecule has 1 amide bonds. The number of thiazole rings is 1. The first-order valence-electron chi connectivity index (χ1n) is 6.81. The van der Waals surface area contributed by atoms with Crippen LogP contribution in [-0.2, 0) is 4.74 Å². The molecule has 0 aliphatic carbocycles. The third-order valence-electron chi connectivity index (χ3n) is 3.16. The summed E-state index contributed by atoms with van der Waals surface area (Å²) >= 11 is 2.90. The van der Waals surface area contributed by atoms with Gasteiger partial charge in [-0.15, -0.1) is 22.7 Å². The number of hydrogen-bond donors (Lipinski definition) is 2. The average molecular weight is 360 g/mol. The van der Waals surface area contributed by atoms with Gasteiger partial charge in [-0.3, -0.25) is 4.79 Å². The van der Waals surface area contributed by atoms with E-state index >= 15 is 0 Å². The molecule has 2 aromatic heterocycles. The first-order valence-corrected chi connectivity index (χ1v) is 8.57. The van der Waals surface area contributed by atoms with Crippen LogP contribution in [0.25, 0.3) is 9.88 Å². The van der Waals surface area contributed by atoms with Crippen LogP contribution in [0, 0.1) is 0 Å². The molecule has 0 fully saturated rings. The zero-order valence-corrected chi connectivity index (χ0v) is 14.1. The normalized spacial score (nSPS) is 10.4. The predicted molar refractivity (Wildman–Crippen MR) is 92.8 cm³/mol. The first kappa shape index (κ1) is 16.2. The lowest BCUT2D eigenvalue weighted by Gasteiger charge is -2.09.